The molecule has 1 heterocycles. The van der Waals surface area contributed by atoms with Crippen molar-refractivity contribution in [1.29, 1.82) is 0 Å². The summed E-state index contributed by atoms with van der Waals surface area (Å²) in [5.41, 5.74) is 5.43. The largest absolute Gasteiger partial charge is 0.508 e. The quantitative estimate of drug-likeness (QED) is 0.771. The molecule has 0 aromatic heterocycles. The number of phenolic OH excluding ortho intramolecular Hbond substituents is 1. The Balaban J connectivity index is 2.10. The van der Waals surface area contributed by atoms with Crippen molar-refractivity contribution in [2.75, 3.05) is 19.6 Å². The predicted molar refractivity (Wildman–Crippen MR) is 56.5 cm³/mol. The number of hydrogen-bond acceptors (Lipinski definition) is 3. The summed E-state index contributed by atoms with van der Waals surface area (Å²) in [7, 11) is 0. The topological polar surface area (TPSA) is 66.6 Å². The van der Waals surface area contributed by atoms with Crippen LogP contribution in [0, 0.1) is 11.7 Å². The van der Waals surface area contributed by atoms with Crippen LogP contribution < -0.4 is 5.73 Å². The number of carbonyl (C=O) groups excluding carboxylic acids is 1. The summed E-state index contributed by atoms with van der Waals surface area (Å²) >= 11 is 0. The first kappa shape index (κ1) is 10.9. The van der Waals surface area contributed by atoms with Crippen LogP contribution in [0.1, 0.15) is 10.4 Å². The number of amides is 1. The highest BCUT2D eigenvalue weighted by molar-refractivity contribution is 5.95. The number of likely N-dealkylation sites (tertiary alicyclic amines) is 1. The maximum absolute atomic E-state index is 13.4. The van der Waals surface area contributed by atoms with Crippen LogP contribution in [-0.2, 0) is 0 Å². The molecule has 1 aliphatic rings. The summed E-state index contributed by atoms with van der Waals surface area (Å²) in [6.07, 6.45) is 0. The molecule has 0 spiro atoms. The number of rotatable bonds is 2. The second-order valence-corrected chi connectivity index (χ2v) is 3.98. The van der Waals surface area contributed by atoms with Gasteiger partial charge in [-0.1, -0.05) is 0 Å². The molecule has 1 saturated heterocycles. The first-order valence-electron chi connectivity index (χ1n) is 5.09. The van der Waals surface area contributed by atoms with Gasteiger partial charge in [-0.2, -0.15) is 0 Å². The van der Waals surface area contributed by atoms with Gasteiger partial charge in [0.2, 0.25) is 0 Å². The van der Waals surface area contributed by atoms with E-state index in [1.165, 1.54) is 12.1 Å². The first-order valence-corrected chi connectivity index (χ1v) is 5.09. The highest BCUT2D eigenvalue weighted by Crippen LogP contribution is 2.21. The Morgan fingerprint density at radius 3 is 2.81 bits per heavy atom. The molecule has 1 aliphatic heterocycles. The first-order chi connectivity index (χ1) is 7.61. The number of carbonyl (C=O) groups is 1. The molecule has 1 aromatic rings. The Bertz CT molecular complexity index is 416. The molecule has 1 amide bonds. The molecule has 0 unspecified atom stereocenters. The van der Waals surface area contributed by atoms with Crippen molar-refractivity contribution in [3.05, 3.63) is 29.6 Å². The second-order valence-electron chi connectivity index (χ2n) is 3.98. The normalized spacial score (nSPS) is 16.0. The zero-order valence-corrected chi connectivity index (χ0v) is 8.69. The molecule has 0 atom stereocenters. The molecule has 1 aromatic carbocycles. The van der Waals surface area contributed by atoms with Gasteiger partial charge in [-0.3, -0.25) is 4.79 Å². The van der Waals surface area contributed by atoms with Gasteiger partial charge in [-0.05, 0) is 18.7 Å². The highest BCUT2D eigenvalue weighted by atomic mass is 19.1. The van der Waals surface area contributed by atoms with Gasteiger partial charge in [-0.15, -0.1) is 0 Å². The van der Waals surface area contributed by atoms with E-state index in [2.05, 4.69) is 0 Å². The van der Waals surface area contributed by atoms with E-state index in [9.17, 15) is 9.18 Å². The van der Waals surface area contributed by atoms with Gasteiger partial charge in [0.25, 0.3) is 5.91 Å². The number of nitrogens with zero attached hydrogens (tertiary/aromatic N) is 1. The molecule has 0 bridgehead atoms. The van der Waals surface area contributed by atoms with Crippen LogP contribution >= 0.6 is 0 Å². The SMILES string of the molecule is NCC1CN(C(=O)c2ccc(O)cc2F)C1. The van der Waals surface area contributed by atoms with E-state index in [0.29, 0.717) is 25.6 Å². The number of hydrogen-bond donors (Lipinski definition) is 2. The molecular weight excluding hydrogens is 211 g/mol. The van der Waals surface area contributed by atoms with Crippen molar-refractivity contribution in [1.82, 2.24) is 4.90 Å². The predicted octanol–water partition coefficient (Wildman–Crippen LogP) is 0.562. The van der Waals surface area contributed by atoms with Gasteiger partial charge >= 0.3 is 0 Å². The fourth-order valence-electron chi connectivity index (χ4n) is 1.73. The zero-order valence-electron chi connectivity index (χ0n) is 8.69. The van der Waals surface area contributed by atoms with Crippen LogP contribution in [0.3, 0.4) is 0 Å². The third-order valence-electron chi connectivity index (χ3n) is 2.76. The van der Waals surface area contributed by atoms with E-state index in [1.807, 2.05) is 0 Å². The standard InChI is InChI=1S/C11H13FN2O2/c12-10-3-8(15)1-2-9(10)11(16)14-5-7(4-13)6-14/h1-3,7,15H,4-6,13H2. The Morgan fingerprint density at radius 2 is 2.25 bits per heavy atom. The van der Waals surface area contributed by atoms with E-state index < -0.39 is 5.82 Å². The smallest absolute Gasteiger partial charge is 0.256 e. The summed E-state index contributed by atoms with van der Waals surface area (Å²) < 4.78 is 13.4. The van der Waals surface area contributed by atoms with Gasteiger partial charge in [0, 0.05) is 25.1 Å². The third-order valence-corrected chi connectivity index (χ3v) is 2.76. The van der Waals surface area contributed by atoms with Crippen molar-refractivity contribution in [3.8, 4) is 5.75 Å². The number of benzene rings is 1. The Hall–Kier alpha value is -1.62. The molecular formula is C11H13FN2O2. The second kappa shape index (κ2) is 4.09. The van der Waals surface area contributed by atoms with Gasteiger partial charge in [-0.25, -0.2) is 4.39 Å². The van der Waals surface area contributed by atoms with Crippen LogP contribution in [0.15, 0.2) is 18.2 Å². The summed E-state index contributed by atoms with van der Waals surface area (Å²) in [6, 6.07) is 3.53. The molecule has 1 fully saturated rings. The van der Waals surface area contributed by atoms with Crippen LogP contribution in [0.2, 0.25) is 0 Å². The van der Waals surface area contributed by atoms with Gasteiger partial charge < -0.3 is 15.7 Å². The minimum atomic E-state index is -0.693. The van der Waals surface area contributed by atoms with Gasteiger partial charge in [0.1, 0.15) is 11.6 Å². The van der Waals surface area contributed by atoms with E-state index in [0.717, 1.165) is 6.07 Å². The zero-order chi connectivity index (χ0) is 11.7. The average Bonchev–Trinajstić information content (AvgIpc) is 2.15. The monoisotopic (exact) mass is 224 g/mol. The van der Waals surface area contributed by atoms with Crippen molar-refractivity contribution in [2.45, 2.75) is 0 Å². The molecule has 0 saturated carbocycles. The molecule has 5 heteroatoms. The molecule has 0 aliphatic carbocycles. The van der Waals surface area contributed by atoms with Crippen LogP contribution in [0.4, 0.5) is 4.39 Å². The number of nitrogens with two attached hydrogens (primary N) is 1. The molecule has 3 N–H and O–H groups in total. The fraction of sp³-hybridized carbons (Fsp3) is 0.364. The van der Waals surface area contributed by atoms with E-state index in [1.54, 1.807) is 4.90 Å². The van der Waals surface area contributed by atoms with Crippen molar-refractivity contribution < 1.29 is 14.3 Å². The van der Waals surface area contributed by atoms with E-state index in [-0.39, 0.29) is 17.2 Å². The number of halogens is 1. The molecule has 2 rings (SSSR count). The van der Waals surface area contributed by atoms with Crippen molar-refractivity contribution in [3.63, 3.8) is 0 Å². The summed E-state index contributed by atoms with van der Waals surface area (Å²) in [5, 5.41) is 9.03. The third kappa shape index (κ3) is 1.86. The summed E-state index contributed by atoms with van der Waals surface area (Å²) in [4.78, 5) is 13.3. The lowest BCUT2D eigenvalue weighted by atomic mass is 9.99. The highest BCUT2D eigenvalue weighted by Gasteiger charge is 2.31. The number of aromatic hydroxyl groups is 1. The van der Waals surface area contributed by atoms with E-state index >= 15 is 0 Å². The van der Waals surface area contributed by atoms with Crippen LogP contribution in [0.5, 0.6) is 5.75 Å². The van der Waals surface area contributed by atoms with Crippen molar-refractivity contribution in [2.24, 2.45) is 11.7 Å². The summed E-state index contributed by atoms with van der Waals surface area (Å²) in [5.74, 6) is -0.898. The Labute approximate surface area is 92.5 Å². The lowest BCUT2D eigenvalue weighted by molar-refractivity contribution is 0.0510. The Morgan fingerprint density at radius 1 is 1.56 bits per heavy atom. The maximum atomic E-state index is 13.4. The Kier molecular flexibility index (Phi) is 2.78. The fourth-order valence-corrected chi connectivity index (χ4v) is 1.73. The van der Waals surface area contributed by atoms with E-state index in [4.69, 9.17) is 10.8 Å². The maximum Gasteiger partial charge on any atom is 0.256 e. The molecule has 86 valence electrons. The van der Waals surface area contributed by atoms with Crippen molar-refractivity contribution >= 4 is 5.91 Å². The molecule has 4 nitrogen and oxygen atoms in total. The average molecular weight is 224 g/mol. The molecule has 16 heavy (non-hydrogen) atoms. The minimum Gasteiger partial charge on any atom is -0.508 e. The summed E-state index contributed by atoms with van der Waals surface area (Å²) in [6.45, 7) is 1.70. The lowest BCUT2D eigenvalue weighted by Crippen LogP contribution is -2.52. The minimum absolute atomic E-state index is 0.00623. The lowest BCUT2D eigenvalue weighted by Gasteiger charge is -2.38. The van der Waals surface area contributed by atoms with Gasteiger partial charge in [0.15, 0.2) is 0 Å². The van der Waals surface area contributed by atoms with Crippen LogP contribution in [0.25, 0.3) is 0 Å². The van der Waals surface area contributed by atoms with Gasteiger partial charge in [0.05, 0.1) is 5.56 Å². The molecule has 0 radical (unpaired) electrons. The number of phenols is 1. The van der Waals surface area contributed by atoms with Crippen LogP contribution in [-0.4, -0.2) is 35.5 Å².